The van der Waals surface area contributed by atoms with Gasteiger partial charge in [-0.15, -0.1) is 0 Å². The second-order valence-electron chi connectivity index (χ2n) is 12.9. The number of nitrogens with one attached hydrogen (secondary N) is 5. The van der Waals surface area contributed by atoms with Gasteiger partial charge in [0.25, 0.3) is 0 Å². The molecule has 312 valence electrons. The number of carbonyl (C=O) groups excluding carboxylic acids is 5. The highest BCUT2D eigenvalue weighted by Gasteiger charge is 2.36. The molecule has 22 heteroatoms. The lowest BCUT2D eigenvalue weighted by molar-refractivity contribution is -0.141. The maximum Gasteiger partial charge on any atom is 0.417 e. The molecular weight excluding hydrogens is 783 g/mol. The summed E-state index contributed by atoms with van der Waals surface area (Å²) < 4.78 is 50.2. The van der Waals surface area contributed by atoms with E-state index in [4.69, 9.17) is 9.15 Å². The average molecular weight is 822 g/mol. The Labute approximate surface area is 325 Å². The van der Waals surface area contributed by atoms with Gasteiger partial charge in [-0.05, 0) is 30.0 Å². The highest BCUT2D eigenvalue weighted by atomic mass is 19.4. The molecule has 0 radical (unpaired) electrons. The number of ether oxygens (including phenoxy) is 1. The molecule has 0 aliphatic carbocycles. The molecule has 8 N–H and O–H groups in total. The van der Waals surface area contributed by atoms with E-state index in [0.717, 1.165) is 18.2 Å². The predicted octanol–water partition coefficient (Wildman–Crippen LogP) is 1.97. The van der Waals surface area contributed by atoms with E-state index in [1.165, 1.54) is 13.8 Å². The van der Waals surface area contributed by atoms with Crippen LogP contribution in [0, 0.1) is 5.92 Å². The molecule has 1 aromatic heterocycles. The molecule has 19 nitrogen and oxygen atoms in total. The Bertz CT molecular complexity index is 2090. The number of amides is 5. The molecule has 0 saturated carbocycles. The molecule has 3 aromatic rings. The number of fused-ring (bicyclic) bond motifs is 1. The smallest absolute Gasteiger partial charge is 0.417 e. The minimum Gasteiger partial charge on any atom is -0.481 e. The molecule has 0 saturated heterocycles. The molecule has 0 fully saturated rings. The van der Waals surface area contributed by atoms with E-state index in [2.05, 4.69) is 26.6 Å². The Morgan fingerprint density at radius 3 is 1.88 bits per heavy atom. The number of aliphatic carboxylic acids is 3. The molecule has 0 unspecified atom stereocenters. The number of anilines is 1. The third-order valence-corrected chi connectivity index (χ3v) is 8.06. The van der Waals surface area contributed by atoms with Gasteiger partial charge < -0.3 is 51.1 Å². The number of carbonyl (C=O) groups is 8. The Morgan fingerprint density at radius 1 is 0.724 bits per heavy atom. The topological polar surface area (TPSA) is 297 Å². The van der Waals surface area contributed by atoms with E-state index in [-0.39, 0.29) is 18.4 Å². The molecule has 0 spiro atoms. The van der Waals surface area contributed by atoms with E-state index in [1.54, 1.807) is 30.3 Å². The molecule has 4 atom stereocenters. The summed E-state index contributed by atoms with van der Waals surface area (Å²) in [5.74, 6) is -10.1. The summed E-state index contributed by atoms with van der Waals surface area (Å²) in [4.78, 5) is 112. The van der Waals surface area contributed by atoms with Gasteiger partial charge in [-0.1, -0.05) is 44.2 Å². The van der Waals surface area contributed by atoms with Crippen molar-refractivity contribution >= 4 is 64.3 Å². The third kappa shape index (κ3) is 13.9. The maximum atomic E-state index is 13.5. The van der Waals surface area contributed by atoms with Crippen LogP contribution in [0.5, 0.6) is 0 Å². The van der Waals surface area contributed by atoms with Crippen LogP contribution in [0.25, 0.3) is 11.0 Å². The fourth-order valence-electron chi connectivity index (χ4n) is 5.24. The van der Waals surface area contributed by atoms with E-state index < -0.39 is 132 Å². The van der Waals surface area contributed by atoms with Crippen LogP contribution in [0.1, 0.15) is 50.7 Å². The molecule has 2 aromatic carbocycles. The molecule has 0 aliphatic heterocycles. The van der Waals surface area contributed by atoms with Crippen molar-refractivity contribution in [2.45, 2.75) is 76.5 Å². The predicted molar refractivity (Wildman–Crippen MR) is 192 cm³/mol. The normalized spacial score (nSPS) is 13.3. The van der Waals surface area contributed by atoms with Crippen molar-refractivity contribution in [1.82, 2.24) is 21.3 Å². The summed E-state index contributed by atoms with van der Waals surface area (Å²) in [6, 6.07) is 4.26. The zero-order chi connectivity index (χ0) is 43.3. The molecule has 5 amide bonds. The fraction of sp³-hybridized carbons (Fsp3) is 0.361. The first-order valence-electron chi connectivity index (χ1n) is 17.1. The quantitative estimate of drug-likeness (QED) is 0.0803. The number of carboxylic acids is 3. The second-order valence-corrected chi connectivity index (χ2v) is 12.9. The van der Waals surface area contributed by atoms with Crippen LogP contribution in [-0.2, 0) is 51.1 Å². The standard InChI is InChI=1S/C36H38F3N5O14/c1-17(2)30(34(55)42-23(14-27(47)48)32(53)40-19-8-9-20-21(36(37,38)39)13-29(51)58-25(20)12-19)44-31(52)22(10-11-26(45)46)41-33(54)24(15-28(49)50)43-35(56)57-16-18-6-4-3-5-7-18/h3-9,12-13,17,22-24,30H,10-11,14-16H2,1-2H3,(H,40,53)(H,41,54)(H,42,55)(H,43,56)(H,44,52)(H,45,46)(H,47,48)(H,49,50)/t22-,23-,24-,30-/m0/s1. The first-order chi connectivity index (χ1) is 27.1. The van der Waals surface area contributed by atoms with Crippen LogP contribution in [0.2, 0.25) is 0 Å². The van der Waals surface area contributed by atoms with Gasteiger partial charge in [0.15, 0.2) is 0 Å². The molecule has 3 rings (SSSR count). The Balaban J connectivity index is 1.78. The van der Waals surface area contributed by atoms with Crippen LogP contribution < -0.4 is 32.2 Å². The molecule has 1 heterocycles. The Hall–Kier alpha value is -7.00. The second kappa shape index (κ2) is 20.2. The summed E-state index contributed by atoms with van der Waals surface area (Å²) in [6.07, 6.45) is -9.48. The van der Waals surface area contributed by atoms with Crippen LogP contribution >= 0.6 is 0 Å². The van der Waals surface area contributed by atoms with Gasteiger partial charge in [0.1, 0.15) is 36.4 Å². The van der Waals surface area contributed by atoms with Crippen molar-refractivity contribution in [3.8, 4) is 0 Å². The number of halogens is 3. The number of alkyl halides is 3. The number of hydrogen-bond acceptors (Lipinski definition) is 11. The number of rotatable bonds is 19. The van der Waals surface area contributed by atoms with Crippen molar-refractivity contribution in [3.05, 3.63) is 76.1 Å². The minimum atomic E-state index is -4.93. The van der Waals surface area contributed by atoms with Gasteiger partial charge in [-0.3, -0.25) is 33.6 Å². The van der Waals surface area contributed by atoms with Crippen LogP contribution in [0.4, 0.5) is 23.7 Å². The highest BCUT2D eigenvalue weighted by molar-refractivity contribution is 6.01. The van der Waals surface area contributed by atoms with E-state index in [9.17, 15) is 71.6 Å². The average Bonchev–Trinajstić information content (AvgIpc) is 3.12. The van der Waals surface area contributed by atoms with Gasteiger partial charge >= 0.3 is 35.8 Å². The van der Waals surface area contributed by atoms with Crippen LogP contribution in [0.3, 0.4) is 0 Å². The highest BCUT2D eigenvalue weighted by Crippen LogP contribution is 2.34. The Kier molecular flexibility index (Phi) is 15.8. The summed E-state index contributed by atoms with van der Waals surface area (Å²) in [7, 11) is 0. The number of alkyl carbamates (subject to hydrolysis) is 1. The zero-order valence-electron chi connectivity index (χ0n) is 30.6. The number of hydrogen-bond donors (Lipinski definition) is 8. The van der Waals surface area contributed by atoms with Crippen molar-refractivity contribution in [2.75, 3.05) is 5.32 Å². The largest absolute Gasteiger partial charge is 0.481 e. The van der Waals surface area contributed by atoms with Crippen LogP contribution in [0.15, 0.2) is 63.8 Å². The first kappa shape index (κ1) is 45.4. The lowest BCUT2D eigenvalue weighted by Crippen LogP contribution is -2.59. The summed E-state index contributed by atoms with van der Waals surface area (Å²) >= 11 is 0. The van der Waals surface area contributed by atoms with Crippen LogP contribution in [-0.4, -0.2) is 87.1 Å². The monoisotopic (exact) mass is 821 g/mol. The van der Waals surface area contributed by atoms with Crippen molar-refractivity contribution in [2.24, 2.45) is 5.92 Å². The van der Waals surface area contributed by atoms with Gasteiger partial charge in [0.2, 0.25) is 23.6 Å². The maximum absolute atomic E-state index is 13.5. The van der Waals surface area contributed by atoms with Gasteiger partial charge in [0.05, 0.1) is 18.4 Å². The SMILES string of the molecule is CC(C)[C@H](NC(=O)[C@H](CCC(=O)O)NC(=O)[C@H](CC(=O)O)NC(=O)OCc1ccccc1)C(=O)N[C@@H](CC(=O)O)C(=O)Nc1ccc2c(C(F)(F)F)cc(=O)oc2c1. The van der Waals surface area contributed by atoms with E-state index in [0.29, 0.717) is 5.56 Å². The zero-order valence-corrected chi connectivity index (χ0v) is 30.6. The fourth-order valence-corrected chi connectivity index (χ4v) is 5.24. The lowest BCUT2D eigenvalue weighted by Gasteiger charge is -2.27. The molecular formula is C36H38F3N5O14. The Morgan fingerprint density at radius 2 is 1.31 bits per heavy atom. The molecule has 0 aliphatic rings. The first-order valence-corrected chi connectivity index (χ1v) is 17.1. The van der Waals surface area contributed by atoms with Gasteiger partial charge in [0, 0.05) is 29.6 Å². The summed E-state index contributed by atoms with van der Waals surface area (Å²) in [5, 5.41) is 38.5. The number of benzene rings is 2. The van der Waals surface area contributed by atoms with Gasteiger partial charge in [-0.25, -0.2) is 9.59 Å². The molecule has 58 heavy (non-hydrogen) atoms. The summed E-state index contributed by atoms with van der Waals surface area (Å²) in [5.41, 5.74) is -2.92. The van der Waals surface area contributed by atoms with E-state index >= 15 is 0 Å². The lowest BCUT2D eigenvalue weighted by atomic mass is 10.0. The van der Waals surface area contributed by atoms with Crippen molar-refractivity contribution < 1.29 is 76.0 Å². The number of carboxylic acid groups (broad SMARTS) is 3. The van der Waals surface area contributed by atoms with Crippen molar-refractivity contribution in [3.63, 3.8) is 0 Å². The summed E-state index contributed by atoms with van der Waals surface area (Å²) in [6.45, 7) is 2.60. The van der Waals surface area contributed by atoms with E-state index in [1.807, 2.05) is 0 Å². The van der Waals surface area contributed by atoms with Crippen molar-refractivity contribution in [1.29, 1.82) is 0 Å². The van der Waals surface area contributed by atoms with Gasteiger partial charge in [-0.2, -0.15) is 13.2 Å². The minimum absolute atomic E-state index is 0.242. The molecule has 0 bridgehead atoms. The third-order valence-electron chi connectivity index (χ3n) is 8.06.